The van der Waals surface area contributed by atoms with E-state index in [1.54, 1.807) is 25.3 Å². The number of benzene rings is 2. The lowest BCUT2D eigenvalue weighted by atomic mass is 10.0. The summed E-state index contributed by atoms with van der Waals surface area (Å²) in [6.07, 6.45) is 11.5. The molecule has 5 heteroatoms. The lowest BCUT2D eigenvalue weighted by Crippen LogP contribution is -1.98. The van der Waals surface area contributed by atoms with Crippen LogP contribution < -0.4 is 0 Å². The van der Waals surface area contributed by atoms with Gasteiger partial charge in [0.15, 0.2) is 0 Å². The van der Waals surface area contributed by atoms with Crippen LogP contribution in [0, 0.1) is 31.4 Å². The predicted molar refractivity (Wildman–Crippen MR) is 204 cm³/mol. The summed E-state index contributed by atoms with van der Waals surface area (Å²) < 4.78 is 25.5. The first-order valence-corrected chi connectivity index (χ1v) is 17.4. The van der Waals surface area contributed by atoms with Crippen LogP contribution in [0.3, 0.4) is 0 Å². The summed E-state index contributed by atoms with van der Waals surface area (Å²) in [6, 6.07) is 11.8. The lowest BCUT2D eigenvalue weighted by molar-refractivity contribution is -0.118. The molecule has 0 saturated carbocycles. The maximum atomic E-state index is 12.8. The van der Waals surface area contributed by atoms with E-state index in [-0.39, 0.29) is 17.4 Å². The van der Waals surface area contributed by atoms with Gasteiger partial charge in [-0.25, -0.2) is 8.78 Å². The second-order valence-corrected chi connectivity index (χ2v) is 11.8. The Labute approximate surface area is 288 Å². The number of pyridine rings is 1. The van der Waals surface area contributed by atoms with Gasteiger partial charge in [-0.15, -0.1) is 6.58 Å². The van der Waals surface area contributed by atoms with Crippen LogP contribution in [0.15, 0.2) is 60.8 Å². The van der Waals surface area contributed by atoms with E-state index in [2.05, 4.69) is 39.3 Å². The number of hydrogen-bond donors (Lipinski definition) is 0. The molecule has 47 heavy (non-hydrogen) atoms. The molecule has 1 unspecified atom stereocenters. The molecule has 0 aliphatic rings. The van der Waals surface area contributed by atoms with Crippen molar-refractivity contribution in [1.29, 1.82) is 0 Å². The van der Waals surface area contributed by atoms with Crippen molar-refractivity contribution in [1.82, 2.24) is 4.98 Å². The van der Waals surface area contributed by atoms with Gasteiger partial charge in [-0.1, -0.05) is 105 Å². The summed E-state index contributed by atoms with van der Waals surface area (Å²) in [6.45, 7) is 30.6. The van der Waals surface area contributed by atoms with E-state index in [9.17, 15) is 18.4 Å². The van der Waals surface area contributed by atoms with Gasteiger partial charge in [0.1, 0.15) is 23.2 Å². The number of hydrogen-bond acceptors (Lipinski definition) is 3. The van der Waals surface area contributed by atoms with Crippen molar-refractivity contribution in [2.75, 3.05) is 0 Å². The van der Waals surface area contributed by atoms with Crippen LogP contribution in [0.1, 0.15) is 145 Å². The summed E-state index contributed by atoms with van der Waals surface area (Å²) in [7, 11) is 0. The third-order valence-electron chi connectivity index (χ3n) is 6.12. The fourth-order valence-corrected chi connectivity index (χ4v) is 3.57. The Bertz CT molecular complexity index is 1160. The minimum atomic E-state index is -0.201. The molecule has 2 aromatic carbocycles. The van der Waals surface area contributed by atoms with Crippen molar-refractivity contribution >= 4 is 22.3 Å². The van der Waals surface area contributed by atoms with Crippen molar-refractivity contribution < 1.29 is 18.4 Å². The van der Waals surface area contributed by atoms with E-state index in [0.717, 1.165) is 46.9 Å². The molecule has 3 nitrogen and oxygen atoms in total. The number of aryl methyl sites for hydroxylation is 2. The first-order chi connectivity index (χ1) is 22.0. The normalized spacial score (nSPS) is 9.70. The van der Waals surface area contributed by atoms with Crippen LogP contribution in [0.4, 0.5) is 8.78 Å². The Morgan fingerprint density at radius 1 is 0.809 bits per heavy atom. The van der Waals surface area contributed by atoms with E-state index in [1.165, 1.54) is 69.7 Å². The third-order valence-corrected chi connectivity index (χ3v) is 6.12. The van der Waals surface area contributed by atoms with Crippen molar-refractivity contribution in [2.45, 2.75) is 148 Å². The molecule has 268 valence electrons. The molecule has 0 aliphatic heterocycles. The Kier molecular flexibility index (Phi) is 36.8. The number of carbonyl (C=O) groups excluding carboxylic acids is 2. The second kappa shape index (κ2) is 34.1. The van der Waals surface area contributed by atoms with Crippen molar-refractivity contribution in [3.05, 3.63) is 89.3 Å². The Balaban J connectivity index is -0.000000244. The summed E-state index contributed by atoms with van der Waals surface area (Å²) in [4.78, 5) is 24.0. The first-order valence-electron chi connectivity index (χ1n) is 17.4. The highest BCUT2D eigenvalue weighted by molar-refractivity contribution is 5.81. The number of halogens is 2. The molecule has 0 bridgehead atoms. The van der Waals surface area contributed by atoms with Crippen LogP contribution in [-0.4, -0.2) is 16.6 Å². The fraction of sp³-hybridized carbons (Fsp3) is 0.548. The molecule has 0 N–H and O–H groups in total. The molecular weight excluding hydrogens is 588 g/mol. The van der Waals surface area contributed by atoms with Crippen molar-refractivity contribution in [3.8, 4) is 0 Å². The summed E-state index contributed by atoms with van der Waals surface area (Å²) in [5.41, 5.74) is 3.96. The van der Waals surface area contributed by atoms with Crippen LogP contribution in [0.2, 0.25) is 0 Å². The molecule has 0 spiro atoms. The maximum Gasteiger partial charge on any atom is 0.130 e. The summed E-state index contributed by atoms with van der Waals surface area (Å²) >= 11 is 0. The lowest BCUT2D eigenvalue weighted by Gasteiger charge is -2.01. The standard InChI is InChI=1S/C10H8FN.C9H11F.C7H14O.C7H16.C4H8.C3H6O.C2H6/c1-7-4-9-5-10(11)3-2-8(9)6-12-7;1-3-8-5-4-6-9(10)7(8)2;1-4-6(2)5-7(3)8;1-3-5-7-6-4-2;1-4(2)3;1-3(2)4;1-2/h2-6H,1H3;4-6H,3H2,1-2H3;6H,4-5H2,1-3H3;3-7H2,1-2H3;1H2,2-3H3;1-2H3;1-2H3. The number of Topliss-reactive ketones (excluding diaryl/α,β-unsaturated/α-hetero) is 2. The predicted octanol–water partition coefficient (Wildman–Crippen LogP) is 13.6. The highest BCUT2D eigenvalue weighted by atomic mass is 19.1. The van der Waals surface area contributed by atoms with Gasteiger partial charge in [-0.3, -0.25) is 4.98 Å². The average molecular weight is 658 g/mol. The van der Waals surface area contributed by atoms with Gasteiger partial charge >= 0.3 is 0 Å². The SMILES string of the molecule is C=C(C)C.CC.CC(C)=O.CCC(C)CC(C)=O.CCCCCCC.CCc1cccc(F)c1C.Cc1cc2cc(F)ccc2cn1. The minimum absolute atomic E-state index is 0.0978. The van der Waals surface area contributed by atoms with E-state index in [0.29, 0.717) is 11.7 Å². The Morgan fingerprint density at radius 3 is 1.70 bits per heavy atom. The molecule has 1 aromatic heterocycles. The van der Waals surface area contributed by atoms with E-state index in [4.69, 9.17) is 0 Å². The largest absolute Gasteiger partial charge is 0.300 e. The van der Waals surface area contributed by atoms with Crippen LogP contribution in [0.25, 0.3) is 10.8 Å². The second-order valence-electron chi connectivity index (χ2n) is 11.8. The number of unbranched alkanes of at least 4 members (excludes halogenated alkanes) is 4. The van der Waals surface area contributed by atoms with Gasteiger partial charge in [0.2, 0.25) is 0 Å². The van der Waals surface area contributed by atoms with Gasteiger partial charge in [0.25, 0.3) is 0 Å². The maximum absolute atomic E-state index is 12.8. The molecular formula is C42H69F2NO2. The third kappa shape index (κ3) is 35.5. The summed E-state index contributed by atoms with van der Waals surface area (Å²) in [5.74, 6) is 0.749. The van der Waals surface area contributed by atoms with Gasteiger partial charge < -0.3 is 9.59 Å². The molecule has 0 aliphatic carbocycles. The number of rotatable bonds is 8. The highest BCUT2D eigenvalue weighted by Gasteiger charge is 2.00. The zero-order valence-electron chi connectivity index (χ0n) is 32.6. The number of aromatic nitrogens is 1. The molecule has 0 fully saturated rings. The van der Waals surface area contributed by atoms with Crippen LogP contribution >= 0.6 is 0 Å². The molecule has 0 amide bonds. The fourth-order valence-electron chi connectivity index (χ4n) is 3.57. The summed E-state index contributed by atoms with van der Waals surface area (Å²) in [5, 5.41) is 1.88. The van der Waals surface area contributed by atoms with Gasteiger partial charge in [0, 0.05) is 23.7 Å². The van der Waals surface area contributed by atoms with E-state index < -0.39 is 0 Å². The number of allylic oxidation sites excluding steroid dienone is 1. The molecule has 0 saturated heterocycles. The van der Waals surface area contributed by atoms with Gasteiger partial charge in [0.05, 0.1) is 0 Å². The molecule has 0 radical (unpaired) electrons. The molecule has 3 rings (SSSR count). The number of carbonyl (C=O) groups is 2. The minimum Gasteiger partial charge on any atom is -0.300 e. The van der Waals surface area contributed by atoms with E-state index in [1.807, 2.05) is 60.6 Å². The monoisotopic (exact) mass is 658 g/mol. The van der Waals surface area contributed by atoms with Crippen molar-refractivity contribution in [2.24, 2.45) is 5.92 Å². The highest BCUT2D eigenvalue weighted by Crippen LogP contribution is 2.15. The number of fused-ring (bicyclic) bond motifs is 1. The molecule has 3 aromatic rings. The molecule has 1 atom stereocenters. The first kappa shape index (κ1) is 50.6. The van der Waals surface area contributed by atoms with Crippen LogP contribution in [0.5, 0.6) is 0 Å². The quantitative estimate of drug-likeness (QED) is 0.179. The topological polar surface area (TPSA) is 47.0 Å². The smallest absolute Gasteiger partial charge is 0.130 e. The number of ketones is 2. The zero-order valence-corrected chi connectivity index (χ0v) is 32.6. The van der Waals surface area contributed by atoms with Crippen molar-refractivity contribution in [3.63, 3.8) is 0 Å². The Hall–Kier alpha value is -3.21. The zero-order chi connectivity index (χ0) is 37.4. The van der Waals surface area contributed by atoms with Gasteiger partial charge in [-0.05, 0) is 108 Å². The van der Waals surface area contributed by atoms with E-state index >= 15 is 0 Å². The average Bonchev–Trinajstić information content (AvgIpc) is 3.00. The molecule has 1 heterocycles. The van der Waals surface area contributed by atoms with Crippen LogP contribution in [-0.2, 0) is 16.0 Å². The number of nitrogens with zero attached hydrogens (tertiary/aromatic N) is 1. The Morgan fingerprint density at radius 2 is 1.32 bits per heavy atom. The van der Waals surface area contributed by atoms with Gasteiger partial charge in [-0.2, -0.15) is 0 Å².